The monoisotopic (exact) mass is 403 g/mol. The molecule has 3 rings (SSSR count). The van der Waals surface area contributed by atoms with Gasteiger partial charge in [0, 0.05) is 18.5 Å². The molecule has 1 aromatic carbocycles. The lowest BCUT2D eigenvalue weighted by Gasteiger charge is -2.23. The lowest BCUT2D eigenvalue weighted by molar-refractivity contribution is -0.137. The summed E-state index contributed by atoms with van der Waals surface area (Å²) in [7, 11) is 0. The van der Waals surface area contributed by atoms with Crippen LogP contribution in [0.5, 0.6) is 5.75 Å². The van der Waals surface area contributed by atoms with E-state index < -0.39 is 5.97 Å². The smallest absolute Gasteiger partial charge is 0.303 e. The Morgan fingerprint density at radius 2 is 2.11 bits per heavy atom. The molecule has 0 saturated carbocycles. The molecule has 0 bridgehead atoms. The number of hydrogen-bond acceptors (Lipinski definition) is 5. The summed E-state index contributed by atoms with van der Waals surface area (Å²) in [6.07, 6.45) is 6.04. The van der Waals surface area contributed by atoms with E-state index in [-0.39, 0.29) is 18.4 Å². The molecule has 0 aliphatic carbocycles. The van der Waals surface area contributed by atoms with Crippen LogP contribution in [0.15, 0.2) is 40.8 Å². The average molecular weight is 404 g/mol. The number of thioether (sulfide) groups is 1. The number of carboxylic acid groups (broad SMARTS) is 1. The number of carbonyl (C=O) groups is 2. The van der Waals surface area contributed by atoms with E-state index in [4.69, 9.17) is 22.1 Å². The lowest BCUT2D eigenvalue weighted by atomic mass is 10.0. The summed E-state index contributed by atoms with van der Waals surface area (Å²) in [6.45, 7) is 2.48. The zero-order chi connectivity index (χ0) is 19.4. The van der Waals surface area contributed by atoms with Gasteiger partial charge in [0.1, 0.15) is 16.2 Å². The number of carboxylic acids is 1. The number of thiocarbonyl (C=S) groups is 1. The topological polar surface area (TPSA) is 66.8 Å². The number of ether oxygens (including phenoxy) is 1. The average Bonchev–Trinajstić information content (AvgIpc) is 2.89. The number of nitrogens with zero attached hydrogens (tertiary/aromatic N) is 1. The zero-order valence-corrected chi connectivity index (χ0v) is 16.6. The van der Waals surface area contributed by atoms with Crippen LogP contribution in [0.25, 0.3) is 6.08 Å². The van der Waals surface area contributed by atoms with Crippen LogP contribution in [-0.4, -0.2) is 38.9 Å². The molecule has 142 valence electrons. The van der Waals surface area contributed by atoms with E-state index in [1.807, 2.05) is 43.3 Å². The Balaban J connectivity index is 1.66. The summed E-state index contributed by atoms with van der Waals surface area (Å²) in [5.41, 5.74) is 1.94. The van der Waals surface area contributed by atoms with E-state index in [1.54, 1.807) is 4.90 Å². The third kappa shape index (κ3) is 4.78. The summed E-state index contributed by atoms with van der Waals surface area (Å²) in [4.78, 5) is 25.5. The normalized spacial score (nSPS) is 20.5. The Morgan fingerprint density at radius 3 is 2.89 bits per heavy atom. The predicted molar refractivity (Wildman–Crippen MR) is 111 cm³/mol. The molecule has 0 radical (unpaired) electrons. The second-order valence-electron chi connectivity index (χ2n) is 6.48. The molecule has 0 unspecified atom stereocenters. The molecular formula is C20H21NO4S2. The van der Waals surface area contributed by atoms with Gasteiger partial charge >= 0.3 is 5.97 Å². The molecule has 1 atom stereocenters. The molecule has 0 aromatic heterocycles. The van der Waals surface area contributed by atoms with E-state index in [0.717, 1.165) is 29.7 Å². The zero-order valence-electron chi connectivity index (χ0n) is 15.0. The Kier molecular flexibility index (Phi) is 6.34. The second-order valence-corrected chi connectivity index (χ2v) is 8.16. The van der Waals surface area contributed by atoms with Crippen molar-refractivity contribution in [1.29, 1.82) is 0 Å². The fourth-order valence-electron chi connectivity index (χ4n) is 2.99. The second kappa shape index (κ2) is 8.71. The van der Waals surface area contributed by atoms with Gasteiger partial charge in [0.25, 0.3) is 5.91 Å². The van der Waals surface area contributed by atoms with Crippen molar-refractivity contribution in [2.45, 2.75) is 38.7 Å². The molecular weight excluding hydrogens is 382 g/mol. The maximum atomic E-state index is 12.7. The van der Waals surface area contributed by atoms with Crippen molar-refractivity contribution >= 4 is 46.3 Å². The molecule has 1 aromatic rings. The molecule has 1 fully saturated rings. The molecule has 0 spiro atoms. The van der Waals surface area contributed by atoms with Crippen LogP contribution in [-0.2, 0) is 9.59 Å². The molecule has 2 aliphatic heterocycles. The Morgan fingerprint density at radius 1 is 1.33 bits per heavy atom. The highest BCUT2D eigenvalue weighted by molar-refractivity contribution is 8.26. The largest absolute Gasteiger partial charge is 0.485 e. The quantitative estimate of drug-likeness (QED) is 0.417. The minimum atomic E-state index is -0.790. The Labute approximate surface area is 168 Å². The van der Waals surface area contributed by atoms with Crippen LogP contribution in [0.3, 0.4) is 0 Å². The third-order valence-corrected chi connectivity index (χ3v) is 5.84. The van der Waals surface area contributed by atoms with Crippen molar-refractivity contribution in [2.75, 3.05) is 6.54 Å². The number of para-hydroxylation sites is 1. The number of carbonyl (C=O) groups excluding carboxylic acids is 1. The first-order chi connectivity index (χ1) is 13.0. The summed E-state index contributed by atoms with van der Waals surface area (Å²) in [5.74, 6) is -0.0338. The minimum absolute atomic E-state index is 0.0878. The van der Waals surface area contributed by atoms with Gasteiger partial charge in [-0.05, 0) is 43.6 Å². The summed E-state index contributed by atoms with van der Waals surface area (Å²) in [5, 5.41) is 8.67. The van der Waals surface area contributed by atoms with Crippen molar-refractivity contribution in [1.82, 2.24) is 4.90 Å². The van der Waals surface area contributed by atoms with Gasteiger partial charge in [-0.3, -0.25) is 14.5 Å². The number of aliphatic carboxylic acids is 1. The Bertz CT molecular complexity index is 831. The highest BCUT2D eigenvalue weighted by Crippen LogP contribution is 2.35. The van der Waals surface area contributed by atoms with E-state index >= 15 is 0 Å². The van der Waals surface area contributed by atoms with Crippen molar-refractivity contribution in [3.63, 3.8) is 0 Å². The van der Waals surface area contributed by atoms with Gasteiger partial charge in [-0.1, -0.05) is 48.6 Å². The highest BCUT2D eigenvalue weighted by atomic mass is 32.2. The fourth-order valence-corrected chi connectivity index (χ4v) is 4.30. The van der Waals surface area contributed by atoms with Crippen molar-refractivity contribution < 1.29 is 19.4 Å². The van der Waals surface area contributed by atoms with E-state index in [2.05, 4.69) is 0 Å². The van der Waals surface area contributed by atoms with Crippen LogP contribution in [0, 0.1) is 0 Å². The molecule has 1 N–H and O–H groups in total. The van der Waals surface area contributed by atoms with Crippen LogP contribution in [0.1, 0.15) is 38.2 Å². The Hall–Kier alpha value is -2.12. The fraction of sp³-hybridized carbons (Fsp3) is 0.350. The number of unbranched alkanes of at least 4 members (excludes halogenated alkanes) is 2. The molecule has 1 saturated heterocycles. The third-order valence-electron chi connectivity index (χ3n) is 4.46. The van der Waals surface area contributed by atoms with Crippen LogP contribution in [0.2, 0.25) is 0 Å². The molecule has 7 heteroatoms. The number of rotatable bonds is 7. The molecule has 2 aliphatic rings. The van der Waals surface area contributed by atoms with Gasteiger partial charge in [-0.15, -0.1) is 0 Å². The summed E-state index contributed by atoms with van der Waals surface area (Å²) >= 11 is 6.66. The first kappa shape index (κ1) is 19.6. The highest BCUT2D eigenvalue weighted by Gasteiger charge is 2.32. The van der Waals surface area contributed by atoms with Crippen molar-refractivity contribution in [2.24, 2.45) is 0 Å². The SMILES string of the molecule is C[C@H]1Oc2ccccc2C=C1/C=C1\SC(=S)N(CCCCCC(=O)O)C1=O. The van der Waals surface area contributed by atoms with Gasteiger partial charge in [0.2, 0.25) is 0 Å². The summed E-state index contributed by atoms with van der Waals surface area (Å²) < 4.78 is 6.48. The van der Waals surface area contributed by atoms with Crippen molar-refractivity contribution in [3.05, 3.63) is 46.4 Å². The van der Waals surface area contributed by atoms with Crippen LogP contribution in [0.4, 0.5) is 0 Å². The standard InChI is InChI=1S/C20H21NO4S2/c1-13-15(11-14-7-4-5-8-16(14)25-13)12-17-19(24)21(20(26)27-17)10-6-2-3-9-18(22)23/h4-5,7-8,11-13H,2-3,6,9-10H2,1H3,(H,22,23)/b17-12-/t13-/m1/s1. The van der Waals surface area contributed by atoms with E-state index in [1.165, 1.54) is 11.8 Å². The summed E-state index contributed by atoms with van der Waals surface area (Å²) in [6, 6.07) is 7.81. The van der Waals surface area contributed by atoms with Gasteiger partial charge in [-0.25, -0.2) is 0 Å². The van der Waals surface area contributed by atoms with Crippen LogP contribution < -0.4 is 4.74 Å². The minimum Gasteiger partial charge on any atom is -0.485 e. The maximum Gasteiger partial charge on any atom is 0.303 e. The predicted octanol–water partition coefficient (Wildman–Crippen LogP) is 4.24. The number of benzene rings is 1. The first-order valence-corrected chi connectivity index (χ1v) is 10.1. The van der Waals surface area contributed by atoms with Gasteiger partial charge in [0.05, 0.1) is 4.91 Å². The van der Waals surface area contributed by atoms with E-state index in [0.29, 0.717) is 22.2 Å². The molecule has 2 heterocycles. The van der Waals surface area contributed by atoms with E-state index in [9.17, 15) is 9.59 Å². The van der Waals surface area contributed by atoms with Gasteiger partial charge in [-0.2, -0.15) is 0 Å². The lowest BCUT2D eigenvalue weighted by Crippen LogP contribution is -2.29. The molecule has 27 heavy (non-hydrogen) atoms. The van der Waals surface area contributed by atoms with Crippen molar-refractivity contribution in [3.8, 4) is 5.75 Å². The van der Waals surface area contributed by atoms with Gasteiger partial charge < -0.3 is 9.84 Å². The maximum absolute atomic E-state index is 12.7. The number of hydrogen-bond donors (Lipinski definition) is 1. The number of amides is 1. The van der Waals surface area contributed by atoms with Gasteiger partial charge in [0.15, 0.2) is 0 Å². The van der Waals surface area contributed by atoms with Crippen LogP contribution >= 0.6 is 24.0 Å². The molecule has 1 amide bonds. The molecule has 5 nitrogen and oxygen atoms in total. The number of fused-ring (bicyclic) bond motifs is 1. The first-order valence-electron chi connectivity index (χ1n) is 8.90.